The van der Waals surface area contributed by atoms with E-state index in [4.69, 9.17) is 18.0 Å². The first-order valence-electron chi connectivity index (χ1n) is 9.37. The number of amidine groups is 1. The Kier molecular flexibility index (Phi) is 8.69. The summed E-state index contributed by atoms with van der Waals surface area (Å²) in [5.41, 5.74) is -2.49. The molecule has 0 aromatic heterocycles. The molecule has 3 rings (SSSR count). The third-order valence-electron chi connectivity index (χ3n) is 4.41. The van der Waals surface area contributed by atoms with Gasteiger partial charge in [-0.15, -0.1) is 0 Å². The fourth-order valence-electron chi connectivity index (χ4n) is 2.79. The highest BCUT2D eigenvalue weighted by atomic mass is 32.2. The summed E-state index contributed by atoms with van der Waals surface area (Å²) in [6.07, 6.45) is 14.1. The number of likely N-dealkylation sites (N-methyl/N-ethyl adjacent to an activating group) is 1. The first-order chi connectivity index (χ1) is 15.3. The molecule has 1 unspecified atom stereocenters. The van der Waals surface area contributed by atoms with Crippen molar-refractivity contribution < 1.29 is 30.9 Å². The summed E-state index contributed by atoms with van der Waals surface area (Å²) >= 11 is 1.65. The van der Waals surface area contributed by atoms with Gasteiger partial charge in [0.05, 0.1) is 0 Å². The highest BCUT2D eigenvalue weighted by molar-refractivity contribution is 8.13. The molecule has 1 aliphatic carbocycles. The number of alkyl halides is 3. The minimum absolute atomic E-state index is 0.0233. The number of fused-ring (bicyclic) bond motifs is 1. The fraction of sp³-hybridized carbons (Fsp3) is 0.238. The normalized spacial score (nSPS) is 18.0. The van der Waals surface area contributed by atoms with Gasteiger partial charge in [0, 0.05) is 31.6 Å². The molecule has 1 aromatic rings. The summed E-state index contributed by atoms with van der Waals surface area (Å²) in [7, 11) is -3.80. The monoisotopic (exact) mass is 501 g/mol. The number of allylic oxidation sites excluding steroid dienone is 5. The molecule has 2 aliphatic rings. The standard InChI is InChI=1S/C20H21N3OS.CHF3O3S/c1-15(24)23(17-7-5-4-6-8-17)14-13-16-9-11-18-19(12-10-16)22(2)20(21-18)25-3;2-1(3,4)8(5,6)7/h4-14,18H,1-3H3;(H,5,6,7). The molecule has 33 heavy (non-hydrogen) atoms. The lowest BCUT2D eigenvalue weighted by atomic mass is 10.2. The van der Waals surface area contributed by atoms with Crippen molar-refractivity contribution >= 4 is 38.6 Å². The maximum absolute atomic E-state index is 12.0. The summed E-state index contributed by atoms with van der Waals surface area (Å²) in [6.45, 7) is 1.56. The summed E-state index contributed by atoms with van der Waals surface area (Å²) in [4.78, 5) is 20.4. The number of thioether (sulfide) groups is 1. The Bertz CT molecular complexity index is 1130. The average molecular weight is 502 g/mol. The number of nitrogens with zero attached hydrogens (tertiary/aromatic N) is 3. The van der Waals surface area contributed by atoms with Gasteiger partial charge in [-0.2, -0.15) is 21.6 Å². The minimum Gasteiger partial charge on any atom is -0.326 e. The minimum atomic E-state index is -5.84. The van der Waals surface area contributed by atoms with E-state index >= 15 is 0 Å². The number of carbonyl (C=O) groups excluding carboxylic acids is 1. The number of halogens is 3. The third kappa shape index (κ3) is 7.07. The summed E-state index contributed by atoms with van der Waals surface area (Å²) < 4.78 is 57.5. The van der Waals surface area contributed by atoms with Crippen molar-refractivity contribution in [2.45, 2.75) is 18.5 Å². The first-order valence-corrected chi connectivity index (χ1v) is 12.0. The zero-order chi connectivity index (χ0) is 24.8. The molecule has 7 nitrogen and oxygen atoms in total. The molecule has 1 aliphatic heterocycles. The molecule has 1 aromatic carbocycles. The topological polar surface area (TPSA) is 90.3 Å². The Balaban J connectivity index is 0.000000414. The van der Waals surface area contributed by atoms with Crippen LogP contribution in [-0.2, 0) is 14.9 Å². The van der Waals surface area contributed by atoms with Crippen LogP contribution in [0.4, 0.5) is 18.9 Å². The van der Waals surface area contributed by atoms with Crippen molar-refractivity contribution in [1.29, 1.82) is 0 Å². The van der Waals surface area contributed by atoms with Crippen LogP contribution in [0.1, 0.15) is 6.92 Å². The number of aliphatic imine (C=N–C) groups is 1. The van der Waals surface area contributed by atoms with Crippen molar-refractivity contribution in [2.75, 3.05) is 18.2 Å². The molecule has 1 atom stereocenters. The lowest BCUT2D eigenvalue weighted by molar-refractivity contribution is -0.116. The van der Waals surface area contributed by atoms with Gasteiger partial charge in [-0.25, -0.2) is 4.99 Å². The van der Waals surface area contributed by atoms with E-state index in [2.05, 4.69) is 29.2 Å². The molecule has 0 bridgehead atoms. The van der Waals surface area contributed by atoms with Crippen LogP contribution in [0.25, 0.3) is 0 Å². The molecule has 12 heteroatoms. The van der Waals surface area contributed by atoms with E-state index in [1.165, 1.54) is 0 Å². The SMILES string of the molecule is CSC1=NC2C=CC(C=CN(C(C)=O)c3ccccc3)=CC=C2N1C.O=S(=O)(O)C(F)(F)F. The van der Waals surface area contributed by atoms with Crippen LogP contribution in [0.15, 0.2) is 83.2 Å². The van der Waals surface area contributed by atoms with E-state index in [0.717, 1.165) is 22.1 Å². The Morgan fingerprint density at radius 3 is 2.36 bits per heavy atom. The van der Waals surface area contributed by atoms with Gasteiger partial charge in [-0.05, 0) is 36.1 Å². The second-order valence-corrected chi connectivity index (χ2v) is 8.88. The van der Waals surface area contributed by atoms with Gasteiger partial charge in [0.15, 0.2) is 5.17 Å². The zero-order valence-corrected chi connectivity index (χ0v) is 19.5. The first kappa shape index (κ1) is 26.4. The van der Waals surface area contributed by atoms with E-state index in [9.17, 15) is 18.0 Å². The van der Waals surface area contributed by atoms with Crippen LogP contribution < -0.4 is 4.90 Å². The third-order valence-corrected chi connectivity index (χ3v) is 5.74. The van der Waals surface area contributed by atoms with E-state index in [1.54, 1.807) is 23.6 Å². The smallest absolute Gasteiger partial charge is 0.326 e. The molecule has 178 valence electrons. The largest absolute Gasteiger partial charge is 0.522 e. The van der Waals surface area contributed by atoms with Gasteiger partial charge in [-0.3, -0.25) is 14.2 Å². The van der Waals surface area contributed by atoms with Crippen LogP contribution in [0.2, 0.25) is 0 Å². The van der Waals surface area contributed by atoms with E-state index < -0.39 is 15.6 Å². The Morgan fingerprint density at radius 1 is 1.24 bits per heavy atom. The fourth-order valence-corrected chi connectivity index (χ4v) is 3.39. The number of amides is 1. The molecule has 1 N–H and O–H groups in total. The van der Waals surface area contributed by atoms with Gasteiger partial charge in [0.1, 0.15) is 6.04 Å². The van der Waals surface area contributed by atoms with Crippen molar-refractivity contribution in [3.8, 4) is 0 Å². The van der Waals surface area contributed by atoms with Crippen molar-refractivity contribution in [1.82, 2.24) is 4.90 Å². The number of benzene rings is 1. The average Bonchev–Trinajstić information content (AvgIpc) is 2.90. The number of hydrogen-bond donors (Lipinski definition) is 1. The molecular weight excluding hydrogens is 479 g/mol. The molecule has 1 amide bonds. The summed E-state index contributed by atoms with van der Waals surface area (Å²) in [6, 6.07) is 9.69. The second kappa shape index (κ2) is 10.9. The maximum Gasteiger partial charge on any atom is 0.522 e. The Hall–Kier alpha value is -2.83. The Morgan fingerprint density at radius 2 is 1.85 bits per heavy atom. The maximum atomic E-state index is 12.0. The van der Waals surface area contributed by atoms with E-state index in [-0.39, 0.29) is 11.9 Å². The van der Waals surface area contributed by atoms with E-state index in [0.29, 0.717) is 0 Å². The van der Waals surface area contributed by atoms with Gasteiger partial charge < -0.3 is 4.90 Å². The van der Waals surface area contributed by atoms with Crippen LogP contribution >= 0.6 is 11.8 Å². The number of rotatable bonds is 3. The van der Waals surface area contributed by atoms with Crippen molar-refractivity contribution in [2.24, 2.45) is 4.99 Å². The highest BCUT2D eigenvalue weighted by Gasteiger charge is 2.44. The van der Waals surface area contributed by atoms with Gasteiger partial charge >= 0.3 is 15.6 Å². The van der Waals surface area contributed by atoms with Gasteiger partial charge in [0.25, 0.3) is 0 Å². The van der Waals surface area contributed by atoms with Crippen molar-refractivity contribution in [3.05, 3.63) is 78.2 Å². The quantitative estimate of drug-likeness (QED) is 0.489. The molecule has 1 heterocycles. The van der Waals surface area contributed by atoms with Crippen LogP contribution in [0.3, 0.4) is 0 Å². The predicted octanol–water partition coefficient (Wildman–Crippen LogP) is 4.36. The molecule has 0 saturated carbocycles. The number of carbonyl (C=O) groups is 1. The lowest BCUT2D eigenvalue weighted by Crippen LogP contribution is -2.21. The molecule has 0 spiro atoms. The summed E-state index contributed by atoms with van der Waals surface area (Å²) in [5.74, 6) is -0.0233. The second-order valence-electron chi connectivity index (χ2n) is 6.70. The van der Waals surface area contributed by atoms with Crippen molar-refractivity contribution in [3.63, 3.8) is 0 Å². The predicted molar refractivity (Wildman–Crippen MR) is 124 cm³/mol. The van der Waals surface area contributed by atoms with Gasteiger partial charge in [-0.1, -0.05) is 48.2 Å². The Labute approximate surface area is 194 Å². The summed E-state index contributed by atoms with van der Waals surface area (Å²) in [5, 5.41) is 1.03. The zero-order valence-electron chi connectivity index (χ0n) is 17.9. The lowest BCUT2D eigenvalue weighted by Gasteiger charge is -2.16. The number of para-hydroxylation sites is 1. The van der Waals surface area contributed by atoms with Crippen LogP contribution in [-0.4, -0.2) is 53.8 Å². The van der Waals surface area contributed by atoms with Crippen LogP contribution in [0, 0.1) is 0 Å². The van der Waals surface area contributed by atoms with E-state index in [1.807, 2.05) is 55.9 Å². The molecular formula is C21H22F3N3O4S2. The molecule has 0 saturated heterocycles. The van der Waals surface area contributed by atoms with Crippen LogP contribution in [0.5, 0.6) is 0 Å². The highest BCUT2D eigenvalue weighted by Crippen LogP contribution is 2.28. The molecule has 0 radical (unpaired) electrons. The number of anilines is 1. The number of hydrogen-bond acceptors (Lipinski definition) is 6. The van der Waals surface area contributed by atoms with Gasteiger partial charge in [0.2, 0.25) is 5.91 Å². The molecule has 0 fully saturated rings.